The molecule has 24 heavy (non-hydrogen) atoms. The molecule has 1 aliphatic rings. The van der Waals surface area contributed by atoms with E-state index in [9.17, 15) is 15.3 Å². The quantitative estimate of drug-likeness (QED) is 0.882. The zero-order valence-corrected chi connectivity index (χ0v) is 13.4. The molecule has 0 unspecified atom stereocenters. The van der Waals surface area contributed by atoms with Gasteiger partial charge in [0.05, 0.1) is 0 Å². The minimum Gasteiger partial charge on any atom is -0.384 e. The maximum Gasteiger partial charge on any atom is 0.268 e. The Morgan fingerprint density at radius 3 is 2.42 bits per heavy atom. The Kier molecular flexibility index (Phi) is 3.97. The monoisotopic (exact) mass is 319 g/mol. The first kappa shape index (κ1) is 15.6. The third kappa shape index (κ3) is 2.49. The second kappa shape index (κ2) is 6.10. The molecule has 0 aliphatic carbocycles. The van der Waals surface area contributed by atoms with Crippen molar-refractivity contribution in [3.63, 3.8) is 0 Å². The Balaban J connectivity index is 2.21. The molecule has 3 N–H and O–H groups in total. The predicted octanol–water partition coefficient (Wildman–Crippen LogP) is 2.28. The van der Waals surface area contributed by atoms with Gasteiger partial charge in [0.15, 0.2) is 0 Å². The molecule has 120 valence electrons. The van der Waals surface area contributed by atoms with Crippen LogP contribution < -0.4 is 16.2 Å². The molecule has 1 fully saturated rings. The van der Waals surface area contributed by atoms with Gasteiger partial charge in [-0.25, -0.2) is 0 Å². The number of nitrogens with one attached hydrogen (secondary N) is 1. The largest absolute Gasteiger partial charge is 0.384 e. The highest BCUT2D eigenvalue weighted by molar-refractivity contribution is 5.82. The van der Waals surface area contributed by atoms with Gasteiger partial charge in [0.1, 0.15) is 29.1 Å². The summed E-state index contributed by atoms with van der Waals surface area (Å²) in [4.78, 5) is 16.7. The summed E-state index contributed by atoms with van der Waals surface area (Å²) in [6.45, 7) is 3.97. The van der Waals surface area contributed by atoms with Crippen LogP contribution in [-0.2, 0) is 0 Å². The van der Waals surface area contributed by atoms with E-state index in [2.05, 4.69) is 9.88 Å². The lowest BCUT2D eigenvalue weighted by molar-refractivity contribution is 0.949. The van der Waals surface area contributed by atoms with Gasteiger partial charge in [-0.05, 0) is 43.0 Å². The number of hydrogen-bond donors (Lipinski definition) is 2. The average molecular weight is 319 g/mol. The lowest BCUT2D eigenvalue weighted by Gasteiger charge is -2.20. The Hall–Kier alpha value is -3.25. The van der Waals surface area contributed by atoms with E-state index in [1.807, 2.05) is 37.3 Å². The second-order valence-electron chi connectivity index (χ2n) is 5.91. The molecule has 0 radical (unpaired) electrons. The highest BCUT2D eigenvalue weighted by Crippen LogP contribution is 2.33. The summed E-state index contributed by atoms with van der Waals surface area (Å²) in [6, 6.07) is 9.76. The van der Waals surface area contributed by atoms with Crippen molar-refractivity contribution in [2.75, 3.05) is 23.7 Å². The molecule has 1 aromatic heterocycles. The number of nitriles is 2. The number of H-pyrrole nitrogens is 1. The maximum atomic E-state index is 12.0. The molecule has 0 amide bonds. The molecular weight excluding hydrogens is 302 g/mol. The van der Waals surface area contributed by atoms with Crippen LogP contribution >= 0.6 is 0 Å². The summed E-state index contributed by atoms with van der Waals surface area (Å²) in [5.74, 6) is -0.0143. The fraction of sp³-hybridized carbons (Fsp3) is 0.278. The van der Waals surface area contributed by atoms with Gasteiger partial charge in [-0.15, -0.1) is 0 Å². The smallest absolute Gasteiger partial charge is 0.268 e. The van der Waals surface area contributed by atoms with Crippen LogP contribution in [0.1, 0.15) is 29.5 Å². The van der Waals surface area contributed by atoms with Gasteiger partial charge in [-0.1, -0.05) is 6.07 Å². The first-order valence-electron chi connectivity index (χ1n) is 7.78. The van der Waals surface area contributed by atoms with Crippen LogP contribution in [0.3, 0.4) is 0 Å². The van der Waals surface area contributed by atoms with E-state index < -0.39 is 5.56 Å². The number of nitrogens with zero attached hydrogens (tertiary/aromatic N) is 3. The third-order valence-electron chi connectivity index (χ3n) is 4.42. The summed E-state index contributed by atoms with van der Waals surface area (Å²) in [6.07, 6.45) is 2.37. The number of nitrogens with two attached hydrogens (primary N) is 1. The van der Waals surface area contributed by atoms with E-state index in [4.69, 9.17) is 5.73 Å². The molecule has 0 spiro atoms. The van der Waals surface area contributed by atoms with Crippen molar-refractivity contribution in [3.8, 4) is 23.3 Å². The SMILES string of the molecule is Cc1cc(N2CCCC2)ccc1-c1c(C#N)c(N)[nH]c(=O)c1C#N. The van der Waals surface area contributed by atoms with Crippen LogP contribution in [0.2, 0.25) is 0 Å². The van der Waals surface area contributed by atoms with E-state index in [1.54, 1.807) is 0 Å². The van der Waals surface area contributed by atoms with Gasteiger partial charge in [0.2, 0.25) is 0 Å². The van der Waals surface area contributed by atoms with Crippen LogP contribution in [0.5, 0.6) is 0 Å². The van der Waals surface area contributed by atoms with Crippen molar-refractivity contribution < 1.29 is 0 Å². The molecule has 0 atom stereocenters. The minimum absolute atomic E-state index is 0.0143. The Bertz CT molecular complexity index is 940. The van der Waals surface area contributed by atoms with Crippen molar-refractivity contribution in [3.05, 3.63) is 45.2 Å². The summed E-state index contributed by atoms with van der Waals surface area (Å²) in [5.41, 5.74) is 8.25. The van der Waals surface area contributed by atoms with E-state index >= 15 is 0 Å². The van der Waals surface area contributed by atoms with Gasteiger partial charge >= 0.3 is 0 Å². The van der Waals surface area contributed by atoms with Crippen molar-refractivity contribution >= 4 is 11.5 Å². The van der Waals surface area contributed by atoms with Gasteiger partial charge < -0.3 is 15.6 Å². The second-order valence-corrected chi connectivity index (χ2v) is 5.91. The van der Waals surface area contributed by atoms with Gasteiger partial charge in [0, 0.05) is 24.3 Å². The van der Waals surface area contributed by atoms with Gasteiger partial charge in [0.25, 0.3) is 5.56 Å². The van der Waals surface area contributed by atoms with Crippen molar-refractivity contribution in [1.29, 1.82) is 10.5 Å². The average Bonchev–Trinajstić information content (AvgIpc) is 3.09. The third-order valence-corrected chi connectivity index (χ3v) is 4.42. The van der Waals surface area contributed by atoms with Gasteiger partial charge in [-0.3, -0.25) is 4.79 Å². The Morgan fingerprint density at radius 1 is 1.17 bits per heavy atom. The lowest BCUT2D eigenvalue weighted by atomic mass is 9.93. The fourth-order valence-corrected chi connectivity index (χ4v) is 3.21. The van der Waals surface area contributed by atoms with Crippen molar-refractivity contribution in [1.82, 2.24) is 4.98 Å². The Morgan fingerprint density at radius 2 is 1.83 bits per heavy atom. The molecule has 2 aromatic rings. The number of nitrogen functional groups attached to an aromatic ring is 1. The number of pyridine rings is 1. The van der Waals surface area contributed by atoms with Crippen LogP contribution in [0, 0.1) is 29.6 Å². The topological polar surface area (TPSA) is 110 Å². The highest BCUT2D eigenvalue weighted by atomic mass is 16.1. The van der Waals surface area contributed by atoms with Crippen molar-refractivity contribution in [2.45, 2.75) is 19.8 Å². The number of rotatable bonds is 2. The van der Waals surface area contributed by atoms with Gasteiger partial charge in [-0.2, -0.15) is 10.5 Å². The Labute approximate surface area is 139 Å². The lowest BCUT2D eigenvalue weighted by Crippen LogP contribution is -2.18. The molecule has 6 heteroatoms. The number of aryl methyl sites for hydroxylation is 1. The molecular formula is C18H17N5O. The first-order chi connectivity index (χ1) is 11.6. The highest BCUT2D eigenvalue weighted by Gasteiger charge is 2.20. The zero-order valence-electron chi connectivity index (χ0n) is 13.4. The summed E-state index contributed by atoms with van der Waals surface area (Å²) < 4.78 is 0. The molecule has 0 saturated carbocycles. The number of benzene rings is 1. The number of hydrogen-bond acceptors (Lipinski definition) is 5. The molecule has 3 rings (SSSR count). The first-order valence-corrected chi connectivity index (χ1v) is 7.78. The van der Waals surface area contributed by atoms with Crippen LogP contribution in [0.25, 0.3) is 11.1 Å². The number of aromatic amines is 1. The summed E-state index contributed by atoms with van der Waals surface area (Å²) in [7, 11) is 0. The van der Waals surface area contributed by atoms with Crippen LogP contribution in [0.4, 0.5) is 11.5 Å². The van der Waals surface area contributed by atoms with E-state index in [0.717, 1.165) is 24.3 Å². The molecule has 6 nitrogen and oxygen atoms in total. The molecule has 1 saturated heterocycles. The van der Waals surface area contributed by atoms with Crippen molar-refractivity contribution in [2.24, 2.45) is 0 Å². The molecule has 0 bridgehead atoms. The summed E-state index contributed by atoms with van der Waals surface area (Å²) in [5, 5.41) is 18.8. The minimum atomic E-state index is -0.577. The molecule has 1 aromatic carbocycles. The summed E-state index contributed by atoms with van der Waals surface area (Å²) >= 11 is 0. The zero-order chi connectivity index (χ0) is 17.3. The standard InChI is InChI=1S/C18H17N5O/c1-11-8-12(23-6-2-3-7-23)4-5-13(11)16-14(9-19)17(21)22-18(24)15(16)10-20/h4-5,8H,2-3,6-7H2,1H3,(H3,21,22,24). The number of anilines is 2. The molecule has 1 aliphatic heterocycles. The maximum absolute atomic E-state index is 12.0. The van der Waals surface area contributed by atoms with Crippen LogP contribution in [-0.4, -0.2) is 18.1 Å². The predicted molar refractivity (Wildman–Crippen MR) is 92.5 cm³/mol. The normalized spacial score (nSPS) is 13.5. The number of aromatic nitrogens is 1. The van der Waals surface area contributed by atoms with E-state index in [-0.39, 0.29) is 16.9 Å². The van der Waals surface area contributed by atoms with E-state index in [0.29, 0.717) is 11.1 Å². The molecule has 2 heterocycles. The fourth-order valence-electron chi connectivity index (χ4n) is 3.21. The van der Waals surface area contributed by atoms with E-state index in [1.165, 1.54) is 12.8 Å². The van der Waals surface area contributed by atoms with Crippen LogP contribution in [0.15, 0.2) is 23.0 Å².